The van der Waals surface area contributed by atoms with Gasteiger partial charge in [-0.1, -0.05) is 20.8 Å². The number of methoxy groups -OCH3 is 1. The van der Waals surface area contributed by atoms with E-state index in [4.69, 9.17) is 4.74 Å². The molecule has 0 spiro atoms. The van der Waals surface area contributed by atoms with Crippen LogP contribution >= 0.6 is 11.8 Å². The lowest BCUT2D eigenvalue weighted by atomic mass is 10.2. The van der Waals surface area contributed by atoms with Gasteiger partial charge in [0, 0.05) is 18.9 Å². The summed E-state index contributed by atoms with van der Waals surface area (Å²) in [5.74, 6) is 3.09. The molecule has 13 heavy (non-hydrogen) atoms. The van der Waals surface area contributed by atoms with Crippen LogP contribution in [0.4, 0.5) is 0 Å². The summed E-state index contributed by atoms with van der Waals surface area (Å²) in [6, 6.07) is 0.603. The first-order chi connectivity index (χ1) is 6.16. The van der Waals surface area contributed by atoms with Gasteiger partial charge in [0.15, 0.2) is 0 Å². The largest absolute Gasteiger partial charge is 0.384 e. The predicted molar refractivity (Wildman–Crippen MR) is 61.5 cm³/mol. The Morgan fingerprint density at radius 1 is 1.31 bits per heavy atom. The average Bonchev–Trinajstić information content (AvgIpc) is 2.09. The van der Waals surface area contributed by atoms with Crippen LogP contribution in [0.1, 0.15) is 20.8 Å². The number of ether oxygens (including phenoxy) is 1. The summed E-state index contributed by atoms with van der Waals surface area (Å²) in [5.41, 5.74) is 0. The van der Waals surface area contributed by atoms with E-state index in [1.54, 1.807) is 7.11 Å². The van der Waals surface area contributed by atoms with Crippen molar-refractivity contribution in [1.29, 1.82) is 0 Å². The van der Waals surface area contributed by atoms with Gasteiger partial charge in [0.25, 0.3) is 0 Å². The van der Waals surface area contributed by atoms with Crippen molar-refractivity contribution in [2.75, 3.05) is 31.8 Å². The highest BCUT2D eigenvalue weighted by Crippen LogP contribution is 2.07. The number of nitrogens with one attached hydrogen (secondary N) is 1. The monoisotopic (exact) mass is 205 g/mol. The lowest BCUT2D eigenvalue weighted by molar-refractivity contribution is 0.218. The van der Waals surface area contributed by atoms with E-state index in [0.29, 0.717) is 6.04 Å². The van der Waals surface area contributed by atoms with Crippen molar-refractivity contribution in [3.05, 3.63) is 0 Å². The molecule has 0 fully saturated rings. The zero-order chi connectivity index (χ0) is 10.1. The smallest absolute Gasteiger partial charge is 0.0552 e. The Hall–Kier alpha value is 0.270. The highest BCUT2D eigenvalue weighted by atomic mass is 32.2. The van der Waals surface area contributed by atoms with E-state index < -0.39 is 0 Å². The average molecular weight is 205 g/mol. The third kappa shape index (κ3) is 10.2. The summed E-state index contributed by atoms with van der Waals surface area (Å²) in [5, 5.41) is 3.44. The molecule has 0 aliphatic rings. The molecule has 3 heteroatoms. The first-order valence-corrected chi connectivity index (χ1v) is 6.12. The van der Waals surface area contributed by atoms with Crippen molar-refractivity contribution < 1.29 is 4.74 Å². The molecule has 0 rings (SSSR count). The van der Waals surface area contributed by atoms with Gasteiger partial charge in [-0.2, -0.15) is 11.8 Å². The van der Waals surface area contributed by atoms with E-state index in [-0.39, 0.29) is 0 Å². The Bertz CT molecular complexity index is 109. The molecular weight excluding hydrogens is 182 g/mol. The second-order valence-electron chi connectivity index (χ2n) is 3.74. The number of hydrogen-bond donors (Lipinski definition) is 1. The Morgan fingerprint density at radius 3 is 2.54 bits per heavy atom. The van der Waals surface area contributed by atoms with E-state index in [9.17, 15) is 0 Å². The Kier molecular flexibility index (Phi) is 9.03. The maximum absolute atomic E-state index is 4.99. The van der Waals surface area contributed by atoms with Gasteiger partial charge in [-0.3, -0.25) is 0 Å². The van der Waals surface area contributed by atoms with Crippen LogP contribution in [0.5, 0.6) is 0 Å². The van der Waals surface area contributed by atoms with Crippen LogP contribution in [0.15, 0.2) is 0 Å². The van der Waals surface area contributed by atoms with Crippen LogP contribution in [0.25, 0.3) is 0 Å². The van der Waals surface area contributed by atoms with Crippen LogP contribution in [-0.4, -0.2) is 37.8 Å². The molecule has 0 amide bonds. The molecule has 0 saturated carbocycles. The van der Waals surface area contributed by atoms with Gasteiger partial charge in [-0.15, -0.1) is 0 Å². The number of hydrogen-bond acceptors (Lipinski definition) is 3. The molecule has 1 atom stereocenters. The van der Waals surface area contributed by atoms with Crippen LogP contribution in [-0.2, 0) is 4.74 Å². The quantitative estimate of drug-likeness (QED) is 0.612. The van der Waals surface area contributed by atoms with Crippen LogP contribution in [0.3, 0.4) is 0 Å². The highest BCUT2D eigenvalue weighted by molar-refractivity contribution is 7.99. The molecule has 80 valence electrons. The first kappa shape index (κ1) is 13.3. The maximum atomic E-state index is 4.99. The zero-order valence-corrected chi connectivity index (χ0v) is 10.1. The van der Waals surface area contributed by atoms with Crippen molar-refractivity contribution in [2.45, 2.75) is 26.8 Å². The second kappa shape index (κ2) is 8.85. The van der Waals surface area contributed by atoms with Gasteiger partial charge >= 0.3 is 0 Å². The Labute approximate surface area is 86.8 Å². The van der Waals surface area contributed by atoms with Gasteiger partial charge in [0.1, 0.15) is 0 Å². The molecule has 0 aromatic heterocycles. The van der Waals surface area contributed by atoms with Crippen LogP contribution < -0.4 is 5.32 Å². The Morgan fingerprint density at radius 2 is 2.00 bits per heavy atom. The fourth-order valence-corrected chi connectivity index (χ4v) is 1.89. The molecule has 0 aromatic carbocycles. The van der Waals surface area contributed by atoms with Gasteiger partial charge in [0.05, 0.1) is 6.61 Å². The van der Waals surface area contributed by atoms with E-state index in [1.165, 1.54) is 5.75 Å². The fraction of sp³-hybridized carbons (Fsp3) is 1.00. The zero-order valence-electron chi connectivity index (χ0n) is 9.30. The van der Waals surface area contributed by atoms with E-state index in [0.717, 1.165) is 24.8 Å². The standard InChI is InChI=1S/C10H23NOS/c1-9(2)11-7-10(3)8-13-6-5-12-4/h9-11H,5-8H2,1-4H3. The summed E-state index contributed by atoms with van der Waals surface area (Å²) < 4.78 is 4.99. The molecule has 0 heterocycles. The molecule has 0 aliphatic heterocycles. The molecular formula is C10H23NOS. The second-order valence-corrected chi connectivity index (χ2v) is 4.89. The minimum absolute atomic E-state index is 0.603. The third-order valence-electron chi connectivity index (χ3n) is 1.71. The van der Waals surface area contributed by atoms with Gasteiger partial charge in [-0.25, -0.2) is 0 Å². The minimum Gasteiger partial charge on any atom is -0.384 e. The van der Waals surface area contributed by atoms with E-state index in [1.807, 2.05) is 11.8 Å². The summed E-state index contributed by atoms with van der Waals surface area (Å²) in [7, 11) is 1.75. The van der Waals surface area contributed by atoms with Gasteiger partial charge < -0.3 is 10.1 Å². The molecule has 0 bridgehead atoms. The summed E-state index contributed by atoms with van der Waals surface area (Å²) in [6.07, 6.45) is 0. The molecule has 0 saturated heterocycles. The topological polar surface area (TPSA) is 21.3 Å². The summed E-state index contributed by atoms with van der Waals surface area (Å²) in [4.78, 5) is 0. The fourth-order valence-electron chi connectivity index (χ4n) is 0.923. The Balaban J connectivity index is 3.15. The SMILES string of the molecule is COCCSCC(C)CNC(C)C. The number of rotatable bonds is 8. The first-order valence-electron chi connectivity index (χ1n) is 4.97. The highest BCUT2D eigenvalue weighted by Gasteiger charge is 2.02. The predicted octanol–water partition coefficient (Wildman–Crippen LogP) is 2.00. The molecule has 0 aliphatic carbocycles. The van der Waals surface area contributed by atoms with Crippen LogP contribution in [0, 0.1) is 5.92 Å². The molecule has 0 aromatic rings. The van der Waals surface area contributed by atoms with Crippen molar-refractivity contribution in [3.63, 3.8) is 0 Å². The molecule has 2 nitrogen and oxygen atoms in total. The molecule has 1 N–H and O–H groups in total. The third-order valence-corrected chi connectivity index (χ3v) is 2.97. The van der Waals surface area contributed by atoms with E-state index in [2.05, 4.69) is 26.1 Å². The van der Waals surface area contributed by atoms with Crippen molar-refractivity contribution >= 4 is 11.8 Å². The van der Waals surface area contributed by atoms with Gasteiger partial charge in [0.2, 0.25) is 0 Å². The summed E-state index contributed by atoms with van der Waals surface area (Å²) in [6.45, 7) is 8.65. The normalized spacial score (nSPS) is 13.6. The molecule has 0 radical (unpaired) electrons. The van der Waals surface area contributed by atoms with E-state index >= 15 is 0 Å². The van der Waals surface area contributed by atoms with Crippen molar-refractivity contribution in [1.82, 2.24) is 5.32 Å². The minimum atomic E-state index is 0.603. The van der Waals surface area contributed by atoms with Gasteiger partial charge in [-0.05, 0) is 18.2 Å². The lowest BCUT2D eigenvalue weighted by Gasteiger charge is -2.14. The number of thioether (sulfide) groups is 1. The van der Waals surface area contributed by atoms with Crippen molar-refractivity contribution in [3.8, 4) is 0 Å². The summed E-state index contributed by atoms with van der Waals surface area (Å²) >= 11 is 1.97. The molecule has 1 unspecified atom stereocenters. The van der Waals surface area contributed by atoms with Crippen molar-refractivity contribution in [2.24, 2.45) is 5.92 Å². The lowest BCUT2D eigenvalue weighted by Crippen LogP contribution is -2.28. The van der Waals surface area contributed by atoms with Crippen LogP contribution in [0.2, 0.25) is 0 Å². The maximum Gasteiger partial charge on any atom is 0.0552 e.